The van der Waals surface area contributed by atoms with E-state index >= 15 is 0 Å². The molecular weight excluding hydrogens is 247 g/mol. The monoisotopic (exact) mass is 250 g/mol. The zero-order valence-electron chi connectivity index (χ0n) is 5.38. The molecule has 1 aromatic heterocycles. The van der Waals surface area contributed by atoms with E-state index in [2.05, 4.69) is 15.9 Å². The third kappa shape index (κ3) is 3.18. The van der Waals surface area contributed by atoms with Gasteiger partial charge in [-0.3, -0.25) is 4.79 Å². The second kappa shape index (κ2) is 4.04. The SMILES string of the molecule is O=C(Cl)C=Cc1cc(Br)cs1. The average Bonchev–Trinajstić information content (AvgIpc) is 2.31. The molecule has 0 aromatic carbocycles. The van der Waals surface area contributed by atoms with Crippen molar-refractivity contribution >= 4 is 50.2 Å². The molecule has 0 amide bonds. The highest BCUT2D eigenvalue weighted by Gasteiger charge is 1.92. The van der Waals surface area contributed by atoms with Crippen molar-refractivity contribution in [2.24, 2.45) is 0 Å². The number of allylic oxidation sites excluding steroid dienone is 1. The number of rotatable bonds is 2. The molecule has 11 heavy (non-hydrogen) atoms. The highest BCUT2D eigenvalue weighted by atomic mass is 79.9. The topological polar surface area (TPSA) is 17.1 Å². The lowest BCUT2D eigenvalue weighted by Crippen LogP contribution is -1.72. The maximum atomic E-state index is 10.3. The molecule has 0 aliphatic carbocycles. The van der Waals surface area contributed by atoms with Gasteiger partial charge in [-0.1, -0.05) is 0 Å². The van der Waals surface area contributed by atoms with E-state index in [-0.39, 0.29) is 0 Å². The van der Waals surface area contributed by atoms with Gasteiger partial charge >= 0.3 is 0 Å². The van der Waals surface area contributed by atoms with Crippen molar-refractivity contribution in [3.05, 3.63) is 26.9 Å². The molecule has 1 heterocycles. The van der Waals surface area contributed by atoms with E-state index in [0.717, 1.165) is 9.35 Å². The summed E-state index contributed by atoms with van der Waals surface area (Å²) in [6.45, 7) is 0. The van der Waals surface area contributed by atoms with Crippen LogP contribution in [-0.2, 0) is 4.79 Å². The number of thiophene rings is 1. The van der Waals surface area contributed by atoms with E-state index in [4.69, 9.17) is 11.6 Å². The summed E-state index contributed by atoms with van der Waals surface area (Å²) in [5, 5.41) is 1.49. The molecule has 0 bridgehead atoms. The molecule has 0 spiro atoms. The maximum Gasteiger partial charge on any atom is 0.245 e. The maximum absolute atomic E-state index is 10.3. The van der Waals surface area contributed by atoms with Crippen molar-refractivity contribution < 1.29 is 4.79 Å². The minimum absolute atomic E-state index is 0.450. The van der Waals surface area contributed by atoms with E-state index in [9.17, 15) is 4.79 Å². The smallest absolute Gasteiger partial charge is 0.245 e. The zero-order valence-corrected chi connectivity index (χ0v) is 8.54. The average molecular weight is 252 g/mol. The van der Waals surface area contributed by atoms with Gasteiger partial charge in [0.1, 0.15) is 0 Å². The summed E-state index contributed by atoms with van der Waals surface area (Å²) in [6.07, 6.45) is 3.02. The van der Waals surface area contributed by atoms with E-state index in [1.165, 1.54) is 6.08 Å². The van der Waals surface area contributed by atoms with Crippen LogP contribution in [0.5, 0.6) is 0 Å². The Morgan fingerprint density at radius 3 is 2.91 bits per heavy atom. The van der Waals surface area contributed by atoms with Gasteiger partial charge in [-0.25, -0.2) is 0 Å². The first-order valence-electron chi connectivity index (χ1n) is 2.80. The summed E-state index contributed by atoms with van der Waals surface area (Å²) in [6, 6.07) is 1.92. The van der Waals surface area contributed by atoms with E-state index in [0.29, 0.717) is 0 Å². The lowest BCUT2D eigenvalue weighted by atomic mass is 10.4. The van der Waals surface area contributed by atoms with Gasteiger partial charge in [0.15, 0.2) is 0 Å². The molecule has 58 valence electrons. The Kier molecular flexibility index (Phi) is 3.30. The lowest BCUT2D eigenvalue weighted by molar-refractivity contribution is -0.107. The number of carbonyl (C=O) groups is 1. The lowest BCUT2D eigenvalue weighted by Gasteiger charge is -1.78. The second-order valence-electron chi connectivity index (χ2n) is 1.80. The van der Waals surface area contributed by atoms with Crippen LogP contribution < -0.4 is 0 Å². The molecule has 0 N–H and O–H groups in total. The molecule has 1 nitrogen and oxygen atoms in total. The first kappa shape index (κ1) is 8.97. The highest BCUT2D eigenvalue weighted by Crippen LogP contribution is 2.20. The molecule has 0 fully saturated rings. The predicted molar refractivity (Wildman–Crippen MR) is 51.9 cm³/mol. The third-order valence-electron chi connectivity index (χ3n) is 0.966. The molecule has 0 unspecified atom stereocenters. The Bertz CT molecular complexity index is 292. The molecular formula is C7H4BrClOS. The number of halogens is 2. The van der Waals surface area contributed by atoms with Gasteiger partial charge in [0.25, 0.3) is 0 Å². The third-order valence-corrected chi connectivity index (χ3v) is 2.75. The fourth-order valence-corrected chi connectivity index (χ4v) is 1.96. The molecule has 1 aromatic rings. The van der Waals surface area contributed by atoms with Crippen molar-refractivity contribution in [1.82, 2.24) is 0 Å². The van der Waals surface area contributed by atoms with Crippen LogP contribution >= 0.6 is 38.9 Å². The summed E-state index contributed by atoms with van der Waals surface area (Å²) >= 11 is 9.95. The quantitative estimate of drug-likeness (QED) is 0.582. The van der Waals surface area contributed by atoms with Crippen LogP contribution in [0.15, 0.2) is 22.0 Å². The van der Waals surface area contributed by atoms with Crippen molar-refractivity contribution in [3.63, 3.8) is 0 Å². The molecule has 0 saturated carbocycles. The fraction of sp³-hybridized carbons (Fsp3) is 0. The van der Waals surface area contributed by atoms with Gasteiger partial charge in [0, 0.05) is 14.7 Å². The minimum Gasteiger partial charge on any atom is -0.276 e. The molecule has 0 radical (unpaired) electrons. The molecule has 0 atom stereocenters. The fourth-order valence-electron chi connectivity index (χ4n) is 0.563. The Morgan fingerprint density at radius 2 is 2.45 bits per heavy atom. The van der Waals surface area contributed by atoms with Crippen molar-refractivity contribution in [1.29, 1.82) is 0 Å². The minimum atomic E-state index is -0.450. The first-order chi connectivity index (χ1) is 5.18. The number of carbonyl (C=O) groups excluding carboxylic acids is 1. The molecule has 0 aliphatic heterocycles. The second-order valence-corrected chi connectivity index (χ2v) is 4.04. The van der Waals surface area contributed by atoms with Crippen LogP contribution in [0.1, 0.15) is 4.88 Å². The van der Waals surface area contributed by atoms with Crippen molar-refractivity contribution in [3.8, 4) is 0 Å². The van der Waals surface area contributed by atoms with Crippen LogP contribution in [0.2, 0.25) is 0 Å². The van der Waals surface area contributed by atoms with Gasteiger partial charge in [0.2, 0.25) is 5.24 Å². The predicted octanol–water partition coefficient (Wildman–Crippen LogP) is 3.29. The largest absolute Gasteiger partial charge is 0.276 e. The normalized spacial score (nSPS) is 10.7. The molecule has 0 saturated heterocycles. The summed E-state index contributed by atoms with van der Waals surface area (Å²) in [5.74, 6) is 0. The van der Waals surface area contributed by atoms with Crippen molar-refractivity contribution in [2.75, 3.05) is 0 Å². The molecule has 0 aliphatic rings. The van der Waals surface area contributed by atoms with Crippen LogP contribution in [0.3, 0.4) is 0 Å². The standard InChI is InChI=1S/C7H4BrClOS/c8-5-3-6(11-4-5)1-2-7(9)10/h1-4H. The number of hydrogen-bond donors (Lipinski definition) is 0. The van der Waals surface area contributed by atoms with E-state index in [1.807, 2.05) is 11.4 Å². The van der Waals surface area contributed by atoms with E-state index < -0.39 is 5.24 Å². The van der Waals surface area contributed by atoms with Crippen LogP contribution in [-0.4, -0.2) is 5.24 Å². The Morgan fingerprint density at radius 1 is 1.73 bits per heavy atom. The van der Waals surface area contributed by atoms with Crippen LogP contribution in [0.4, 0.5) is 0 Å². The Hall–Kier alpha value is -0.120. The first-order valence-corrected chi connectivity index (χ1v) is 4.85. The zero-order chi connectivity index (χ0) is 8.27. The summed E-state index contributed by atoms with van der Waals surface area (Å²) in [7, 11) is 0. The van der Waals surface area contributed by atoms with Gasteiger partial charge in [0.05, 0.1) is 0 Å². The molecule has 1 rings (SSSR count). The highest BCUT2D eigenvalue weighted by molar-refractivity contribution is 9.10. The van der Waals surface area contributed by atoms with Gasteiger partial charge < -0.3 is 0 Å². The van der Waals surface area contributed by atoms with Crippen LogP contribution in [0, 0.1) is 0 Å². The Labute approximate surface area is 81.8 Å². The summed E-state index contributed by atoms with van der Waals surface area (Å²) in [5.41, 5.74) is 0. The van der Waals surface area contributed by atoms with Gasteiger partial charge in [-0.15, -0.1) is 11.3 Å². The summed E-state index contributed by atoms with van der Waals surface area (Å²) < 4.78 is 1.02. The van der Waals surface area contributed by atoms with E-state index in [1.54, 1.807) is 17.4 Å². The van der Waals surface area contributed by atoms with Gasteiger partial charge in [-0.2, -0.15) is 0 Å². The van der Waals surface area contributed by atoms with Gasteiger partial charge in [-0.05, 0) is 45.7 Å². The number of hydrogen-bond acceptors (Lipinski definition) is 2. The Balaban J connectivity index is 2.71. The summed E-state index contributed by atoms with van der Waals surface area (Å²) in [4.78, 5) is 11.3. The van der Waals surface area contributed by atoms with Crippen molar-refractivity contribution in [2.45, 2.75) is 0 Å². The molecule has 4 heteroatoms. The van der Waals surface area contributed by atoms with Crippen LogP contribution in [0.25, 0.3) is 6.08 Å².